The molecular weight excluding hydrogens is 283 g/mol. The van der Waals surface area contributed by atoms with E-state index in [2.05, 4.69) is 15.4 Å². The van der Waals surface area contributed by atoms with Crippen LogP contribution in [0, 0.1) is 0 Å². The first-order valence-electron chi connectivity index (χ1n) is 6.01. The number of anilines is 1. The van der Waals surface area contributed by atoms with Crippen LogP contribution in [0.15, 0.2) is 18.2 Å². The van der Waals surface area contributed by atoms with Gasteiger partial charge in [0.1, 0.15) is 5.82 Å². The molecule has 4 nitrogen and oxygen atoms in total. The highest BCUT2D eigenvalue weighted by molar-refractivity contribution is 6.43. The third-order valence-electron chi connectivity index (χ3n) is 3.26. The van der Waals surface area contributed by atoms with Crippen molar-refractivity contribution >= 4 is 29.0 Å². The molecule has 3 rings (SSSR count). The standard InChI is InChI=1S/C13H12Cl2N4/c14-9-5-1-4-8(11(9)15)12-17-10-6-2-3-7(10)13(18-12)19-16/h1,4-5H,2-3,6,16H2,(H,17,18,19). The average molecular weight is 295 g/mol. The van der Waals surface area contributed by atoms with Gasteiger partial charge in [-0.2, -0.15) is 0 Å². The number of aromatic nitrogens is 2. The van der Waals surface area contributed by atoms with Gasteiger partial charge in [-0.1, -0.05) is 29.3 Å². The maximum atomic E-state index is 6.21. The molecule has 2 aromatic rings. The predicted octanol–water partition coefficient (Wildman–Crippen LogP) is 3.22. The molecule has 98 valence electrons. The van der Waals surface area contributed by atoms with Gasteiger partial charge in [0.15, 0.2) is 5.82 Å². The van der Waals surface area contributed by atoms with Gasteiger partial charge in [-0.15, -0.1) is 0 Å². The van der Waals surface area contributed by atoms with E-state index in [1.807, 2.05) is 12.1 Å². The number of fused-ring (bicyclic) bond motifs is 1. The van der Waals surface area contributed by atoms with E-state index < -0.39 is 0 Å². The summed E-state index contributed by atoms with van der Waals surface area (Å²) in [5.41, 5.74) is 5.50. The minimum absolute atomic E-state index is 0.463. The smallest absolute Gasteiger partial charge is 0.163 e. The summed E-state index contributed by atoms with van der Waals surface area (Å²) >= 11 is 12.2. The Bertz CT molecular complexity index is 643. The zero-order valence-corrected chi connectivity index (χ0v) is 11.6. The number of aryl methyl sites for hydroxylation is 1. The highest BCUT2D eigenvalue weighted by Gasteiger charge is 2.20. The Morgan fingerprint density at radius 1 is 1.16 bits per heavy atom. The van der Waals surface area contributed by atoms with E-state index in [9.17, 15) is 0 Å². The van der Waals surface area contributed by atoms with Crippen molar-refractivity contribution in [1.29, 1.82) is 0 Å². The minimum Gasteiger partial charge on any atom is -0.308 e. The summed E-state index contributed by atoms with van der Waals surface area (Å²) in [7, 11) is 0. The van der Waals surface area contributed by atoms with Crippen molar-refractivity contribution < 1.29 is 0 Å². The second-order valence-electron chi connectivity index (χ2n) is 4.42. The second kappa shape index (κ2) is 4.96. The van der Waals surface area contributed by atoms with Gasteiger partial charge in [-0.3, -0.25) is 0 Å². The normalized spacial score (nSPS) is 13.4. The number of hydrogen-bond donors (Lipinski definition) is 2. The monoisotopic (exact) mass is 294 g/mol. The van der Waals surface area contributed by atoms with E-state index in [1.54, 1.807) is 6.07 Å². The molecule has 1 aliphatic rings. The van der Waals surface area contributed by atoms with E-state index >= 15 is 0 Å². The molecule has 0 bridgehead atoms. The van der Waals surface area contributed by atoms with Crippen LogP contribution in [-0.2, 0) is 12.8 Å². The fourth-order valence-electron chi connectivity index (χ4n) is 2.35. The number of hydrazine groups is 1. The summed E-state index contributed by atoms with van der Waals surface area (Å²) in [6, 6.07) is 5.42. The first-order valence-corrected chi connectivity index (χ1v) is 6.77. The Hall–Kier alpha value is -1.36. The Balaban J connectivity index is 2.18. The summed E-state index contributed by atoms with van der Waals surface area (Å²) in [6.07, 6.45) is 2.97. The zero-order chi connectivity index (χ0) is 13.4. The van der Waals surface area contributed by atoms with Crippen LogP contribution in [0.25, 0.3) is 11.4 Å². The number of nitrogens with zero attached hydrogens (tertiary/aromatic N) is 2. The lowest BCUT2D eigenvalue weighted by atomic mass is 10.2. The third kappa shape index (κ3) is 2.16. The highest BCUT2D eigenvalue weighted by Crippen LogP contribution is 2.34. The fourth-order valence-corrected chi connectivity index (χ4v) is 2.73. The molecule has 0 spiro atoms. The molecule has 0 unspecified atom stereocenters. The SMILES string of the molecule is NNc1nc(-c2cccc(Cl)c2Cl)nc2c1CCC2. The number of hydrogen-bond acceptors (Lipinski definition) is 4. The van der Waals surface area contributed by atoms with Gasteiger partial charge in [-0.25, -0.2) is 15.8 Å². The molecule has 3 N–H and O–H groups in total. The highest BCUT2D eigenvalue weighted by atomic mass is 35.5. The van der Waals surface area contributed by atoms with Gasteiger partial charge in [0.2, 0.25) is 0 Å². The molecule has 0 atom stereocenters. The summed E-state index contributed by atoms with van der Waals surface area (Å²) in [5.74, 6) is 6.77. The molecule has 0 saturated heterocycles. The molecule has 1 aliphatic carbocycles. The van der Waals surface area contributed by atoms with E-state index in [1.165, 1.54) is 0 Å². The van der Waals surface area contributed by atoms with Crippen molar-refractivity contribution in [3.05, 3.63) is 39.5 Å². The molecule has 0 fully saturated rings. The lowest BCUT2D eigenvalue weighted by Crippen LogP contribution is -2.12. The van der Waals surface area contributed by atoms with E-state index in [0.29, 0.717) is 21.7 Å². The van der Waals surface area contributed by atoms with Crippen LogP contribution in [0.3, 0.4) is 0 Å². The van der Waals surface area contributed by atoms with Crippen LogP contribution < -0.4 is 11.3 Å². The van der Waals surface area contributed by atoms with E-state index in [4.69, 9.17) is 29.0 Å². The zero-order valence-electron chi connectivity index (χ0n) is 10.1. The van der Waals surface area contributed by atoms with Crippen molar-refractivity contribution in [2.75, 3.05) is 5.43 Å². The van der Waals surface area contributed by atoms with E-state index in [0.717, 1.165) is 36.1 Å². The van der Waals surface area contributed by atoms with Crippen LogP contribution >= 0.6 is 23.2 Å². The molecule has 0 radical (unpaired) electrons. The van der Waals surface area contributed by atoms with Crippen molar-refractivity contribution in [2.45, 2.75) is 19.3 Å². The molecule has 1 aromatic heterocycles. The number of benzene rings is 1. The Kier molecular flexibility index (Phi) is 3.31. The van der Waals surface area contributed by atoms with Crippen LogP contribution in [-0.4, -0.2) is 9.97 Å². The summed E-state index contributed by atoms with van der Waals surface area (Å²) in [6.45, 7) is 0. The molecule has 0 amide bonds. The molecular formula is C13H12Cl2N4. The molecule has 1 heterocycles. The topological polar surface area (TPSA) is 63.8 Å². The first-order chi connectivity index (χ1) is 9.20. The summed E-state index contributed by atoms with van der Waals surface area (Å²) < 4.78 is 0. The maximum Gasteiger partial charge on any atom is 0.163 e. The number of nitrogen functional groups attached to an aromatic ring is 1. The fraction of sp³-hybridized carbons (Fsp3) is 0.231. The number of nitrogens with one attached hydrogen (secondary N) is 1. The third-order valence-corrected chi connectivity index (χ3v) is 4.08. The van der Waals surface area contributed by atoms with Crippen molar-refractivity contribution in [1.82, 2.24) is 9.97 Å². The van der Waals surface area contributed by atoms with Gasteiger partial charge in [0.25, 0.3) is 0 Å². The predicted molar refractivity (Wildman–Crippen MR) is 77.3 cm³/mol. The number of nitrogens with two attached hydrogens (primary N) is 1. The number of halogens is 2. The Labute approximate surface area is 120 Å². The molecule has 0 aliphatic heterocycles. The van der Waals surface area contributed by atoms with Gasteiger partial charge < -0.3 is 5.43 Å². The van der Waals surface area contributed by atoms with Crippen LogP contribution in [0.2, 0.25) is 10.0 Å². The average Bonchev–Trinajstić information content (AvgIpc) is 2.89. The summed E-state index contributed by atoms with van der Waals surface area (Å²) in [5, 5.41) is 0.954. The van der Waals surface area contributed by atoms with Crippen LogP contribution in [0.1, 0.15) is 17.7 Å². The first kappa shape index (κ1) is 12.7. The van der Waals surface area contributed by atoms with Crippen LogP contribution in [0.4, 0.5) is 5.82 Å². The quantitative estimate of drug-likeness (QED) is 0.659. The van der Waals surface area contributed by atoms with Crippen molar-refractivity contribution in [2.24, 2.45) is 5.84 Å². The lowest BCUT2D eigenvalue weighted by Gasteiger charge is -2.10. The Morgan fingerprint density at radius 3 is 2.79 bits per heavy atom. The molecule has 1 aromatic carbocycles. The lowest BCUT2D eigenvalue weighted by molar-refractivity contribution is 0.900. The van der Waals surface area contributed by atoms with Gasteiger partial charge >= 0.3 is 0 Å². The second-order valence-corrected chi connectivity index (χ2v) is 5.21. The van der Waals surface area contributed by atoms with Gasteiger partial charge in [0.05, 0.1) is 10.0 Å². The summed E-state index contributed by atoms with van der Waals surface area (Å²) in [4.78, 5) is 9.03. The van der Waals surface area contributed by atoms with Crippen LogP contribution in [0.5, 0.6) is 0 Å². The largest absolute Gasteiger partial charge is 0.308 e. The van der Waals surface area contributed by atoms with E-state index in [-0.39, 0.29) is 0 Å². The van der Waals surface area contributed by atoms with Gasteiger partial charge in [-0.05, 0) is 31.4 Å². The molecule has 19 heavy (non-hydrogen) atoms. The van der Waals surface area contributed by atoms with Gasteiger partial charge in [0, 0.05) is 16.8 Å². The van der Waals surface area contributed by atoms with Crippen molar-refractivity contribution in [3.8, 4) is 11.4 Å². The molecule has 0 saturated carbocycles. The minimum atomic E-state index is 0.463. The molecule has 6 heteroatoms. The van der Waals surface area contributed by atoms with Crippen molar-refractivity contribution in [3.63, 3.8) is 0 Å². The Morgan fingerprint density at radius 2 is 2.00 bits per heavy atom. The number of rotatable bonds is 2. The maximum absolute atomic E-state index is 6.21.